The zero-order chi connectivity index (χ0) is 10.6. The first-order valence-electron chi connectivity index (χ1n) is 4.45. The van der Waals surface area contributed by atoms with Crippen LogP contribution in [0.25, 0.3) is 0 Å². The summed E-state index contributed by atoms with van der Waals surface area (Å²) >= 11 is 5.79. The molecule has 1 aromatic rings. The quantitative estimate of drug-likeness (QED) is 0.556. The summed E-state index contributed by atoms with van der Waals surface area (Å²) in [6, 6.07) is 0. The number of halogens is 1. The number of rotatable bonds is 5. The van der Waals surface area contributed by atoms with Crippen molar-refractivity contribution in [2.75, 3.05) is 13.2 Å². The van der Waals surface area contributed by atoms with E-state index >= 15 is 0 Å². The third kappa shape index (κ3) is 2.56. The van der Waals surface area contributed by atoms with E-state index in [-0.39, 0.29) is 12.4 Å². The Hall–Kier alpha value is -0.870. The molecule has 1 rings (SSSR count). The number of hydrogen-bond acceptors (Lipinski definition) is 3. The van der Waals surface area contributed by atoms with Crippen molar-refractivity contribution in [1.82, 2.24) is 9.78 Å². The standard InChI is InChI=1S/C9H13ClN2O2/c1-3-4-14-6-8(13)9-7(10)5-11-12(9)2/h5H,3-4,6H2,1-2H3. The van der Waals surface area contributed by atoms with Gasteiger partial charge < -0.3 is 4.74 Å². The van der Waals surface area contributed by atoms with E-state index in [9.17, 15) is 4.79 Å². The lowest BCUT2D eigenvalue weighted by Crippen LogP contribution is -2.14. The minimum Gasteiger partial charge on any atom is -0.373 e. The summed E-state index contributed by atoms with van der Waals surface area (Å²) in [5.41, 5.74) is 0.405. The number of aromatic nitrogens is 2. The first-order chi connectivity index (χ1) is 6.66. The molecular formula is C9H13ClN2O2. The largest absolute Gasteiger partial charge is 0.373 e. The summed E-state index contributed by atoms with van der Waals surface area (Å²) in [5.74, 6) is -0.136. The van der Waals surface area contributed by atoms with Crippen molar-refractivity contribution in [1.29, 1.82) is 0 Å². The van der Waals surface area contributed by atoms with E-state index in [2.05, 4.69) is 5.10 Å². The van der Waals surface area contributed by atoms with E-state index in [1.807, 2.05) is 6.92 Å². The number of Topliss-reactive ketones (excluding diaryl/α,β-unsaturated/α-hetero) is 1. The number of ketones is 1. The fourth-order valence-electron chi connectivity index (χ4n) is 1.10. The molecule has 0 aromatic carbocycles. The normalized spacial score (nSPS) is 10.5. The zero-order valence-corrected chi connectivity index (χ0v) is 9.04. The van der Waals surface area contributed by atoms with Crippen LogP contribution >= 0.6 is 11.6 Å². The minimum atomic E-state index is -0.136. The molecule has 1 aromatic heterocycles. The van der Waals surface area contributed by atoms with Crippen LogP contribution in [0.15, 0.2) is 6.20 Å². The molecule has 0 radical (unpaired) electrons. The smallest absolute Gasteiger partial charge is 0.207 e. The second-order valence-corrected chi connectivity index (χ2v) is 3.35. The molecule has 5 heteroatoms. The van der Waals surface area contributed by atoms with Crippen LogP contribution in [0.2, 0.25) is 5.02 Å². The van der Waals surface area contributed by atoms with Gasteiger partial charge in [-0.05, 0) is 6.42 Å². The highest BCUT2D eigenvalue weighted by Gasteiger charge is 2.15. The molecule has 0 aliphatic carbocycles. The predicted octanol–water partition coefficient (Wildman–Crippen LogP) is 1.68. The van der Waals surface area contributed by atoms with Gasteiger partial charge in [-0.1, -0.05) is 18.5 Å². The zero-order valence-electron chi connectivity index (χ0n) is 8.29. The van der Waals surface area contributed by atoms with Crippen LogP contribution in [0.5, 0.6) is 0 Å². The fraction of sp³-hybridized carbons (Fsp3) is 0.556. The highest BCUT2D eigenvalue weighted by atomic mass is 35.5. The number of carbonyl (C=O) groups excluding carboxylic acids is 1. The lowest BCUT2D eigenvalue weighted by molar-refractivity contribution is 0.0752. The molecule has 1 heterocycles. The Labute approximate surface area is 87.8 Å². The van der Waals surface area contributed by atoms with Crippen molar-refractivity contribution in [3.63, 3.8) is 0 Å². The molecule has 0 N–H and O–H groups in total. The maximum Gasteiger partial charge on any atom is 0.207 e. The summed E-state index contributed by atoms with van der Waals surface area (Å²) < 4.78 is 6.59. The average Bonchev–Trinajstić information content (AvgIpc) is 2.46. The van der Waals surface area contributed by atoms with Gasteiger partial charge >= 0.3 is 0 Å². The van der Waals surface area contributed by atoms with Crippen molar-refractivity contribution < 1.29 is 9.53 Å². The van der Waals surface area contributed by atoms with E-state index < -0.39 is 0 Å². The summed E-state index contributed by atoms with van der Waals surface area (Å²) in [7, 11) is 1.68. The van der Waals surface area contributed by atoms with Crippen LogP contribution in [0.3, 0.4) is 0 Å². The molecule has 78 valence electrons. The minimum absolute atomic E-state index is 0.0626. The van der Waals surface area contributed by atoms with Crippen LogP contribution in [0, 0.1) is 0 Å². The molecule has 0 saturated heterocycles. The summed E-state index contributed by atoms with van der Waals surface area (Å²) in [4.78, 5) is 11.6. The maximum atomic E-state index is 11.6. The molecule has 0 amide bonds. The number of ether oxygens (including phenoxy) is 1. The average molecular weight is 217 g/mol. The monoisotopic (exact) mass is 216 g/mol. The Balaban J connectivity index is 2.60. The molecule has 0 spiro atoms. The van der Waals surface area contributed by atoms with Crippen molar-refractivity contribution in [2.45, 2.75) is 13.3 Å². The second-order valence-electron chi connectivity index (χ2n) is 2.94. The van der Waals surface area contributed by atoms with Gasteiger partial charge in [0.15, 0.2) is 0 Å². The molecule has 0 aliphatic heterocycles. The number of aryl methyl sites for hydroxylation is 1. The first-order valence-corrected chi connectivity index (χ1v) is 4.83. The molecule has 0 bridgehead atoms. The molecule has 14 heavy (non-hydrogen) atoms. The molecule has 4 nitrogen and oxygen atoms in total. The first kappa shape index (κ1) is 11.2. The topological polar surface area (TPSA) is 44.1 Å². The Morgan fingerprint density at radius 3 is 2.93 bits per heavy atom. The van der Waals surface area contributed by atoms with Gasteiger partial charge in [0.1, 0.15) is 12.3 Å². The van der Waals surface area contributed by atoms with Gasteiger partial charge in [-0.25, -0.2) is 0 Å². The Kier molecular flexibility index (Phi) is 4.10. The van der Waals surface area contributed by atoms with E-state index in [1.165, 1.54) is 10.9 Å². The Morgan fingerprint density at radius 1 is 1.71 bits per heavy atom. The van der Waals surface area contributed by atoms with Crippen LogP contribution < -0.4 is 0 Å². The molecule has 0 fully saturated rings. The van der Waals surface area contributed by atoms with E-state index in [0.29, 0.717) is 17.3 Å². The molecule has 0 saturated carbocycles. The van der Waals surface area contributed by atoms with Gasteiger partial charge in [-0.15, -0.1) is 0 Å². The lowest BCUT2D eigenvalue weighted by Gasteiger charge is -2.02. The van der Waals surface area contributed by atoms with Gasteiger partial charge in [-0.3, -0.25) is 9.48 Å². The maximum absolute atomic E-state index is 11.6. The lowest BCUT2D eigenvalue weighted by atomic mass is 10.3. The SMILES string of the molecule is CCCOCC(=O)c1c(Cl)cnn1C. The van der Waals surface area contributed by atoms with Crippen molar-refractivity contribution in [3.05, 3.63) is 16.9 Å². The summed E-state index contributed by atoms with van der Waals surface area (Å²) in [5, 5.41) is 4.25. The van der Waals surface area contributed by atoms with Crippen LogP contribution in [0.4, 0.5) is 0 Å². The highest BCUT2D eigenvalue weighted by Crippen LogP contribution is 2.14. The van der Waals surface area contributed by atoms with Gasteiger partial charge in [0.2, 0.25) is 5.78 Å². The summed E-state index contributed by atoms with van der Waals surface area (Å²) in [6.07, 6.45) is 2.35. The number of hydrogen-bond donors (Lipinski definition) is 0. The van der Waals surface area contributed by atoms with Gasteiger partial charge in [-0.2, -0.15) is 5.10 Å². The molecule has 0 unspecified atom stereocenters. The van der Waals surface area contributed by atoms with Crippen LogP contribution in [0.1, 0.15) is 23.8 Å². The Bertz CT molecular complexity index is 303. The Morgan fingerprint density at radius 2 is 2.43 bits per heavy atom. The van der Waals surface area contributed by atoms with Gasteiger partial charge in [0.25, 0.3) is 0 Å². The van der Waals surface area contributed by atoms with E-state index in [1.54, 1.807) is 7.05 Å². The highest BCUT2D eigenvalue weighted by molar-refractivity contribution is 6.33. The van der Waals surface area contributed by atoms with Crippen LogP contribution in [-0.4, -0.2) is 28.8 Å². The predicted molar refractivity (Wildman–Crippen MR) is 53.7 cm³/mol. The van der Waals surface area contributed by atoms with Crippen LogP contribution in [-0.2, 0) is 11.8 Å². The van der Waals surface area contributed by atoms with Gasteiger partial charge in [0.05, 0.1) is 11.2 Å². The van der Waals surface area contributed by atoms with Crippen molar-refractivity contribution in [3.8, 4) is 0 Å². The van der Waals surface area contributed by atoms with E-state index in [0.717, 1.165) is 6.42 Å². The van der Waals surface area contributed by atoms with Crippen molar-refractivity contribution in [2.24, 2.45) is 7.05 Å². The van der Waals surface area contributed by atoms with E-state index in [4.69, 9.17) is 16.3 Å². The number of nitrogens with zero attached hydrogens (tertiary/aromatic N) is 2. The third-order valence-electron chi connectivity index (χ3n) is 1.74. The molecule has 0 atom stereocenters. The molecular weight excluding hydrogens is 204 g/mol. The fourth-order valence-corrected chi connectivity index (χ4v) is 1.37. The third-order valence-corrected chi connectivity index (χ3v) is 2.02. The summed E-state index contributed by atoms with van der Waals surface area (Å²) in [6.45, 7) is 2.63. The van der Waals surface area contributed by atoms with Gasteiger partial charge in [0, 0.05) is 13.7 Å². The molecule has 0 aliphatic rings. The number of carbonyl (C=O) groups is 1. The van der Waals surface area contributed by atoms with Crippen molar-refractivity contribution >= 4 is 17.4 Å². The second kappa shape index (κ2) is 5.12.